The third-order valence-corrected chi connectivity index (χ3v) is 15.4. The molecule has 0 aliphatic rings. The van der Waals surface area contributed by atoms with E-state index in [0.29, 0.717) is 19.4 Å². The minimum absolute atomic E-state index is 0.0112. The molecule has 0 aliphatic heterocycles. The Hall–Kier alpha value is -1.92. The minimum atomic E-state index is -0.851. The zero-order chi connectivity index (χ0) is 53.6. The molecular formula is C68H129NO5. The first kappa shape index (κ1) is 72.1. The van der Waals surface area contributed by atoms with Crippen LogP contribution in [0.1, 0.15) is 361 Å². The standard InChI is InChI=1S/C68H129NO5/c1-3-5-7-9-11-13-15-17-19-21-30-34-38-42-46-50-54-58-62-68(73)74-63-59-55-51-47-43-39-35-31-28-26-24-22-23-25-27-29-33-37-41-45-49-53-57-61-67(72)69-65(64-70)66(71)60-56-52-48-44-40-36-32-20-18-16-14-12-10-8-6-4-2/h22,24-25,27,56,60,65-66,70-71H,3-21,23,26,28-55,57-59,61-64H2,1-2H3,(H,69,72)/b24-22-,27-25-,60-56+. The van der Waals surface area contributed by atoms with E-state index in [1.807, 2.05) is 6.08 Å². The Labute approximate surface area is 462 Å². The van der Waals surface area contributed by atoms with Crippen molar-refractivity contribution in [2.45, 2.75) is 373 Å². The summed E-state index contributed by atoms with van der Waals surface area (Å²) in [5.74, 6) is -0.0655. The molecule has 0 spiro atoms. The van der Waals surface area contributed by atoms with Gasteiger partial charge in [-0.2, -0.15) is 0 Å². The Morgan fingerprint density at radius 3 is 1.03 bits per heavy atom. The fourth-order valence-electron chi connectivity index (χ4n) is 10.3. The Kier molecular flexibility index (Phi) is 62.0. The van der Waals surface area contributed by atoms with Gasteiger partial charge in [0.2, 0.25) is 5.91 Å². The van der Waals surface area contributed by atoms with Gasteiger partial charge in [0.05, 0.1) is 25.4 Å². The fourth-order valence-corrected chi connectivity index (χ4v) is 10.3. The SMILES string of the molecule is CCCCCCCCCCCCCCCC/C=C/C(O)C(CO)NC(=O)CCCCCCCCC/C=C\C/C=C\CCCCCCCCCCCOC(=O)CCCCCCCCCCCCCCCCCCCC. The Balaban J connectivity index is 3.45. The van der Waals surface area contributed by atoms with Gasteiger partial charge < -0.3 is 20.3 Å². The second-order valence-electron chi connectivity index (χ2n) is 22.8. The third-order valence-electron chi connectivity index (χ3n) is 15.4. The highest BCUT2D eigenvalue weighted by Crippen LogP contribution is 2.18. The van der Waals surface area contributed by atoms with Crippen LogP contribution in [-0.2, 0) is 14.3 Å². The van der Waals surface area contributed by atoms with Crippen molar-refractivity contribution in [3.05, 3.63) is 36.5 Å². The van der Waals surface area contributed by atoms with Crippen molar-refractivity contribution in [1.29, 1.82) is 0 Å². The number of esters is 1. The predicted octanol–water partition coefficient (Wildman–Crippen LogP) is 21.1. The van der Waals surface area contributed by atoms with E-state index in [4.69, 9.17) is 4.74 Å². The largest absolute Gasteiger partial charge is 0.466 e. The van der Waals surface area contributed by atoms with Crippen LogP contribution in [0.2, 0.25) is 0 Å². The highest BCUT2D eigenvalue weighted by atomic mass is 16.5. The first-order valence-corrected chi connectivity index (χ1v) is 33.3. The Bertz CT molecular complexity index is 1200. The van der Waals surface area contributed by atoms with Crippen LogP contribution >= 0.6 is 0 Å². The van der Waals surface area contributed by atoms with Crippen LogP contribution < -0.4 is 5.32 Å². The second-order valence-corrected chi connectivity index (χ2v) is 22.8. The molecule has 6 nitrogen and oxygen atoms in total. The molecule has 74 heavy (non-hydrogen) atoms. The van der Waals surface area contributed by atoms with E-state index in [-0.39, 0.29) is 18.5 Å². The number of aliphatic hydroxyl groups excluding tert-OH is 2. The molecule has 3 N–H and O–H groups in total. The molecule has 0 saturated carbocycles. The maximum Gasteiger partial charge on any atom is 0.305 e. The molecule has 0 bridgehead atoms. The van der Waals surface area contributed by atoms with E-state index in [1.54, 1.807) is 6.08 Å². The number of carbonyl (C=O) groups is 2. The number of hydrogen-bond donors (Lipinski definition) is 3. The average Bonchev–Trinajstić information content (AvgIpc) is 3.40. The molecule has 0 fully saturated rings. The molecule has 2 atom stereocenters. The predicted molar refractivity (Wildman–Crippen MR) is 324 cm³/mol. The summed E-state index contributed by atoms with van der Waals surface area (Å²) < 4.78 is 5.50. The molecular weight excluding hydrogens is 911 g/mol. The lowest BCUT2D eigenvalue weighted by molar-refractivity contribution is -0.143. The molecule has 0 rings (SSSR count). The molecule has 0 aromatic rings. The summed E-state index contributed by atoms with van der Waals surface area (Å²) in [6.45, 7) is 4.92. The van der Waals surface area contributed by atoms with Crippen LogP contribution in [0.5, 0.6) is 0 Å². The molecule has 6 heteroatoms. The summed E-state index contributed by atoms with van der Waals surface area (Å²) in [5, 5.41) is 23.1. The number of unbranched alkanes of at least 4 members (excludes halogenated alkanes) is 47. The van der Waals surface area contributed by atoms with E-state index in [0.717, 1.165) is 57.8 Å². The maximum absolute atomic E-state index is 12.5. The zero-order valence-corrected chi connectivity index (χ0v) is 49.8. The number of nitrogens with one attached hydrogen (secondary N) is 1. The summed E-state index contributed by atoms with van der Waals surface area (Å²) in [5.41, 5.74) is 0. The smallest absolute Gasteiger partial charge is 0.305 e. The normalized spacial score (nSPS) is 12.8. The van der Waals surface area contributed by atoms with Gasteiger partial charge in [-0.15, -0.1) is 0 Å². The van der Waals surface area contributed by atoms with Gasteiger partial charge in [0.1, 0.15) is 0 Å². The fraction of sp³-hybridized carbons (Fsp3) is 0.882. The summed E-state index contributed by atoms with van der Waals surface area (Å²) in [6, 6.07) is -0.636. The number of ether oxygens (including phenoxy) is 1. The molecule has 2 unspecified atom stereocenters. The lowest BCUT2D eigenvalue weighted by Crippen LogP contribution is -2.45. The van der Waals surface area contributed by atoms with Crippen LogP contribution in [0.25, 0.3) is 0 Å². The van der Waals surface area contributed by atoms with Gasteiger partial charge in [-0.1, -0.05) is 320 Å². The van der Waals surface area contributed by atoms with Crippen molar-refractivity contribution in [3.63, 3.8) is 0 Å². The van der Waals surface area contributed by atoms with E-state index >= 15 is 0 Å². The first-order valence-electron chi connectivity index (χ1n) is 33.3. The van der Waals surface area contributed by atoms with E-state index in [9.17, 15) is 19.8 Å². The highest BCUT2D eigenvalue weighted by molar-refractivity contribution is 5.76. The van der Waals surface area contributed by atoms with Gasteiger partial charge in [-0.25, -0.2) is 0 Å². The quantitative estimate of drug-likeness (QED) is 0.0320. The van der Waals surface area contributed by atoms with Crippen molar-refractivity contribution < 1.29 is 24.5 Å². The molecule has 436 valence electrons. The van der Waals surface area contributed by atoms with Gasteiger partial charge in [-0.05, 0) is 64.2 Å². The lowest BCUT2D eigenvalue weighted by atomic mass is 10.0. The number of amides is 1. The van der Waals surface area contributed by atoms with Crippen molar-refractivity contribution in [1.82, 2.24) is 5.32 Å². The summed E-state index contributed by atoms with van der Waals surface area (Å²) in [7, 11) is 0. The Morgan fingerprint density at radius 1 is 0.378 bits per heavy atom. The van der Waals surface area contributed by atoms with Crippen molar-refractivity contribution in [3.8, 4) is 0 Å². The van der Waals surface area contributed by atoms with Crippen molar-refractivity contribution in [2.75, 3.05) is 13.2 Å². The molecule has 0 aromatic carbocycles. The molecule has 0 aromatic heterocycles. The lowest BCUT2D eigenvalue weighted by Gasteiger charge is -2.20. The summed E-state index contributed by atoms with van der Waals surface area (Å²) >= 11 is 0. The zero-order valence-electron chi connectivity index (χ0n) is 49.8. The number of hydrogen-bond acceptors (Lipinski definition) is 5. The van der Waals surface area contributed by atoms with Gasteiger partial charge in [0.15, 0.2) is 0 Å². The number of rotatable bonds is 62. The van der Waals surface area contributed by atoms with Crippen LogP contribution in [0, 0.1) is 0 Å². The second kappa shape index (κ2) is 63.6. The number of aliphatic hydroxyl groups is 2. The molecule has 0 heterocycles. The summed E-state index contributed by atoms with van der Waals surface area (Å²) in [6.07, 6.45) is 80.6. The molecule has 0 radical (unpaired) electrons. The number of carbonyl (C=O) groups excluding carboxylic acids is 2. The number of allylic oxidation sites excluding steroid dienone is 5. The van der Waals surface area contributed by atoms with E-state index in [1.165, 1.54) is 276 Å². The van der Waals surface area contributed by atoms with Crippen LogP contribution in [0.4, 0.5) is 0 Å². The average molecular weight is 1040 g/mol. The van der Waals surface area contributed by atoms with Crippen LogP contribution in [0.15, 0.2) is 36.5 Å². The van der Waals surface area contributed by atoms with Gasteiger partial charge in [-0.3, -0.25) is 9.59 Å². The van der Waals surface area contributed by atoms with E-state index < -0.39 is 12.1 Å². The monoisotopic (exact) mass is 1040 g/mol. The van der Waals surface area contributed by atoms with Gasteiger partial charge >= 0.3 is 5.97 Å². The third kappa shape index (κ3) is 59.3. The van der Waals surface area contributed by atoms with Crippen LogP contribution in [-0.4, -0.2) is 47.4 Å². The molecule has 1 amide bonds. The molecule has 0 saturated heterocycles. The molecule has 0 aliphatic carbocycles. The van der Waals surface area contributed by atoms with Gasteiger partial charge in [0, 0.05) is 12.8 Å². The first-order chi connectivity index (χ1) is 36.5. The maximum atomic E-state index is 12.5. The Morgan fingerprint density at radius 2 is 0.676 bits per heavy atom. The van der Waals surface area contributed by atoms with Crippen molar-refractivity contribution >= 4 is 11.9 Å². The highest BCUT2D eigenvalue weighted by Gasteiger charge is 2.18. The van der Waals surface area contributed by atoms with Gasteiger partial charge in [0.25, 0.3) is 0 Å². The van der Waals surface area contributed by atoms with Crippen LogP contribution in [0.3, 0.4) is 0 Å². The topological polar surface area (TPSA) is 95.9 Å². The van der Waals surface area contributed by atoms with Crippen molar-refractivity contribution in [2.24, 2.45) is 0 Å². The van der Waals surface area contributed by atoms with E-state index in [2.05, 4.69) is 43.5 Å². The summed E-state index contributed by atoms with van der Waals surface area (Å²) in [4.78, 5) is 24.6. The minimum Gasteiger partial charge on any atom is -0.466 e.